The van der Waals surface area contributed by atoms with Crippen LogP contribution in [-0.4, -0.2) is 9.97 Å². The number of nitrogens with zero attached hydrogens (tertiary/aromatic N) is 2. The Hall–Kier alpha value is -1.52. The van der Waals surface area contributed by atoms with Crippen LogP contribution in [0.3, 0.4) is 0 Å². The molecule has 0 aliphatic rings. The van der Waals surface area contributed by atoms with Crippen molar-refractivity contribution in [2.24, 2.45) is 0 Å². The zero-order valence-electron chi connectivity index (χ0n) is 11.4. The van der Waals surface area contributed by atoms with Crippen LogP contribution in [0.1, 0.15) is 11.1 Å². The molecule has 0 fully saturated rings. The summed E-state index contributed by atoms with van der Waals surface area (Å²) < 4.78 is 14.7. The van der Waals surface area contributed by atoms with Crippen molar-refractivity contribution in [2.75, 3.05) is 0 Å². The molecule has 0 saturated heterocycles. The monoisotopic (exact) mass is 364 g/mol. The second-order valence-corrected chi connectivity index (χ2v) is 6.08. The van der Waals surface area contributed by atoms with E-state index in [1.54, 1.807) is 19.1 Å². The Balaban J connectivity index is 2.28. The molecular formula is C16H11BrClFN2. The lowest BCUT2D eigenvalue weighted by molar-refractivity contribution is 0.619. The van der Waals surface area contributed by atoms with E-state index in [0.29, 0.717) is 22.1 Å². The van der Waals surface area contributed by atoms with E-state index < -0.39 is 0 Å². The van der Waals surface area contributed by atoms with Crippen LogP contribution in [0.25, 0.3) is 22.3 Å². The van der Waals surface area contributed by atoms with Crippen LogP contribution >= 0.6 is 27.5 Å². The summed E-state index contributed by atoms with van der Waals surface area (Å²) in [6.07, 6.45) is 0. The fourth-order valence-electron chi connectivity index (χ4n) is 2.13. The molecule has 2 nitrogen and oxygen atoms in total. The van der Waals surface area contributed by atoms with Gasteiger partial charge in [0.1, 0.15) is 11.0 Å². The van der Waals surface area contributed by atoms with E-state index in [-0.39, 0.29) is 5.82 Å². The number of aromatic nitrogens is 2. The summed E-state index contributed by atoms with van der Waals surface area (Å²) in [5.74, 6) is 0.144. The molecule has 0 saturated carbocycles. The van der Waals surface area contributed by atoms with Gasteiger partial charge in [-0.3, -0.25) is 0 Å². The van der Waals surface area contributed by atoms with Gasteiger partial charge in [-0.2, -0.15) is 0 Å². The minimum absolute atomic E-state index is 0.279. The van der Waals surface area contributed by atoms with Crippen molar-refractivity contribution >= 4 is 38.4 Å². The first-order valence-corrected chi connectivity index (χ1v) is 7.53. The number of halogens is 3. The summed E-state index contributed by atoms with van der Waals surface area (Å²) in [6, 6.07) is 8.72. The van der Waals surface area contributed by atoms with Gasteiger partial charge in [0.05, 0.1) is 5.52 Å². The predicted molar refractivity (Wildman–Crippen MR) is 87.1 cm³/mol. The third kappa shape index (κ3) is 2.54. The van der Waals surface area contributed by atoms with Crippen LogP contribution in [-0.2, 0) is 0 Å². The van der Waals surface area contributed by atoms with E-state index >= 15 is 0 Å². The number of aryl methyl sites for hydroxylation is 2. The SMILES string of the molecule is Cc1ccc(-c2nc(Cl)c3ccc(Br)c(C)c3n2)cc1F. The van der Waals surface area contributed by atoms with Crippen LogP contribution in [0.15, 0.2) is 34.8 Å². The molecular weight excluding hydrogens is 355 g/mol. The van der Waals surface area contributed by atoms with E-state index in [2.05, 4.69) is 25.9 Å². The topological polar surface area (TPSA) is 25.8 Å². The van der Waals surface area contributed by atoms with Crippen molar-refractivity contribution in [3.63, 3.8) is 0 Å². The van der Waals surface area contributed by atoms with Crippen LogP contribution in [0.4, 0.5) is 4.39 Å². The quantitative estimate of drug-likeness (QED) is 0.534. The molecule has 2 aromatic carbocycles. The smallest absolute Gasteiger partial charge is 0.161 e. The first-order valence-electron chi connectivity index (χ1n) is 6.36. The van der Waals surface area contributed by atoms with Gasteiger partial charge in [0.15, 0.2) is 5.82 Å². The lowest BCUT2D eigenvalue weighted by atomic mass is 10.1. The van der Waals surface area contributed by atoms with Gasteiger partial charge < -0.3 is 0 Å². The number of hydrogen-bond donors (Lipinski definition) is 0. The maximum atomic E-state index is 13.7. The van der Waals surface area contributed by atoms with Gasteiger partial charge in [-0.25, -0.2) is 14.4 Å². The molecule has 1 aromatic heterocycles. The lowest BCUT2D eigenvalue weighted by Gasteiger charge is -2.08. The zero-order valence-corrected chi connectivity index (χ0v) is 13.8. The average Bonchev–Trinajstić information content (AvgIpc) is 2.46. The fraction of sp³-hybridized carbons (Fsp3) is 0.125. The molecule has 0 N–H and O–H groups in total. The van der Waals surface area contributed by atoms with E-state index in [4.69, 9.17) is 11.6 Å². The highest BCUT2D eigenvalue weighted by Crippen LogP contribution is 2.30. The van der Waals surface area contributed by atoms with E-state index in [1.165, 1.54) is 6.07 Å². The van der Waals surface area contributed by atoms with E-state index in [1.807, 2.05) is 19.1 Å². The standard InChI is InChI=1S/C16H11BrClFN2/c1-8-3-4-10(7-13(8)19)16-20-14-9(2)12(17)6-5-11(14)15(18)21-16/h3-7H,1-2H3. The number of hydrogen-bond acceptors (Lipinski definition) is 2. The average molecular weight is 366 g/mol. The highest BCUT2D eigenvalue weighted by Gasteiger charge is 2.12. The van der Waals surface area contributed by atoms with Crippen LogP contribution in [0.5, 0.6) is 0 Å². The molecule has 0 aliphatic carbocycles. The molecule has 106 valence electrons. The van der Waals surface area contributed by atoms with Crippen LogP contribution in [0.2, 0.25) is 5.15 Å². The highest BCUT2D eigenvalue weighted by molar-refractivity contribution is 9.10. The maximum absolute atomic E-state index is 13.7. The summed E-state index contributed by atoms with van der Waals surface area (Å²) in [4.78, 5) is 8.83. The number of benzene rings is 2. The molecule has 5 heteroatoms. The van der Waals surface area contributed by atoms with Crippen LogP contribution < -0.4 is 0 Å². The zero-order chi connectivity index (χ0) is 15.1. The second kappa shape index (κ2) is 5.35. The molecule has 0 atom stereocenters. The van der Waals surface area contributed by atoms with Gasteiger partial charge in [-0.15, -0.1) is 0 Å². The Bertz CT molecular complexity index is 865. The molecule has 3 aromatic rings. The van der Waals surface area contributed by atoms with E-state index in [0.717, 1.165) is 20.9 Å². The minimum Gasteiger partial charge on any atom is -0.228 e. The Morgan fingerprint density at radius 3 is 2.57 bits per heavy atom. The fourth-order valence-corrected chi connectivity index (χ4v) is 2.68. The summed E-state index contributed by atoms with van der Waals surface area (Å²) in [5.41, 5.74) is 2.94. The normalized spacial score (nSPS) is 11.1. The Kier molecular flexibility index (Phi) is 3.68. The van der Waals surface area contributed by atoms with E-state index in [9.17, 15) is 4.39 Å². The number of fused-ring (bicyclic) bond motifs is 1. The summed E-state index contributed by atoms with van der Waals surface area (Å²) >= 11 is 9.73. The van der Waals surface area contributed by atoms with Gasteiger partial charge in [0.2, 0.25) is 0 Å². The van der Waals surface area contributed by atoms with Crippen LogP contribution in [0, 0.1) is 19.7 Å². The highest BCUT2D eigenvalue weighted by atomic mass is 79.9. The molecule has 3 rings (SSSR count). The third-order valence-corrected chi connectivity index (χ3v) is 4.59. The van der Waals surface area contributed by atoms with Crippen molar-refractivity contribution in [1.29, 1.82) is 0 Å². The molecule has 0 spiro atoms. The first-order chi connectivity index (χ1) is 9.97. The minimum atomic E-state index is -0.279. The maximum Gasteiger partial charge on any atom is 0.161 e. The van der Waals surface area contributed by atoms with Gasteiger partial charge in [-0.05, 0) is 43.2 Å². The third-order valence-electron chi connectivity index (χ3n) is 3.44. The molecule has 0 amide bonds. The molecule has 0 radical (unpaired) electrons. The second-order valence-electron chi connectivity index (χ2n) is 4.87. The molecule has 21 heavy (non-hydrogen) atoms. The van der Waals surface area contributed by atoms with Gasteiger partial charge in [-0.1, -0.05) is 39.7 Å². The van der Waals surface area contributed by atoms with Gasteiger partial charge >= 0.3 is 0 Å². The largest absolute Gasteiger partial charge is 0.228 e. The van der Waals surface area contributed by atoms with Gasteiger partial charge in [0.25, 0.3) is 0 Å². The first kappa shape index (κ1) is 14.4. The Morgan fingerprint density at radius 1 is 1.10 bits per heavy atom. The predicted octanol–water partition coefficient (Wildman–Crippen LogP) is 5.47. The summed E-state index contributed by atoms with van der Waals surface area (Å²) in [6.45, 7) is 3.67. The van der Waals surface area contributed by atoms with Crippen molar-refractivity contribution in [2.45, 2.75) is 13.8 Å². The molecule has 0 aliphatic heterocycles. The summed E-state index contributed by atoms with van der Waals surface area (Å²) in [7, 11) is 0. The Labute approximate surface area is 135 Å². The summed E-state index contributed by atoms with van der Waals surface area (Å²) in [5, 5.41) is 1.15. The van der Waals surface area contributed by atoms with Crippen molar-refractivity contribution in [3.05, 3.63) is 56.9 Å². The molecule has 0 bridgehead atoms. The molecule has 0 unspecified atom stereocenters. The molecule has 1 heterocycles. The van der Waals surface area contributed by atoms with Crippen molar-refractivity contribution < 1.29 is 4.39 Å². The van der Waals surface area contributed by atoms with Gasteiger partial charge in [0, 0.05) is 15.4 Å². The Morgan fingerprint density at radius 2 is 1.86 bits per heavy atom. The van der Waals surface area contributed by atoms with Crippen molar-refractivity contribution in [1.82, 2.24) is 9.97 Å². The lowest BCUT2D eigenvalue weighted by Crippen LogP contribution is -1.95. The number of rotatable bonds is 1. The van der Waals surface area contributed by atoms with Crippen molar-refractivity contribution in [3.8, 4) is 11.4 Å².